The van der Waals surface area contributed by atoms with Gasteiger partial charge in [0.1, 0.15) is 5.70 Å². The van der Waals surface area contributed by atoms with Crippen LogP contribution in [0.5, 0.6) is 0 Å². The average Bonchev–Trinajstić information content (AvgIpc) is 2.74. The van der Waals surface area contributed by atoms with E-state index in [1.54, 1.807) is 12.1 Å². The van der Waals surface area contributed by atoms with Crippen molar-refractivity contribution in [1.82, 2.24) is 10.6 Å². The summed E-state index contributed by atoms with van der Waals surface area (Å²) in [6.07, 6.45) is 2.31. The maximum Gasteiger partial charge on any atom is 0.267 e. The van der Waals surface area contributed by atoms with E-state index < -0.39 is 5.91 Å². The Morgan fingerprint density at radius 3 is 2.20 bits per heavy atom. The SMILES string of the molecule is O=C(NCCc1ccccc1)/C(=C\c1ccccc1)NC(=O)c1ccc(Cl)cc1Cl. The number of carbonyl (C=O) groups excluding carboxylic acids is 2. The number of carbonyl (C=O) groups is 2. The molecule has 0 atom stereocenters. The lowest BCUT2D eigenvalue weighted by atomic mass is 10.1. The van der Waals surface area contributed by atoms with Crippen molar-refractivity contribution in [2.24, 2.45) is 0 Å². The van der Waals surface area contributed by atoms with Crippen LogP contribution in [0, 0.1) is 0 Å². The fourth-order valence-corrected chi connectivity index (χ4v) is 3.29. The molecule has 30 heavy (non-hydrogen) atoms. The molecule has 3 aromatic carbocycles. The van der Waals surface area contributed by atoms with Crippen molar-refractivity contribution in [2.75, 3.05) is 6.54 Å². The molecule has 3 aromatic rings. The molecule has 0 saturated carbocycles. The first-order valence-corrected chi connectivity index (χ1v) is 10.1. The van der Waals surface area contributed by atoms with E-state index in [0.717, 1.165) is 11.1 Å². The van der Waals surface area contributed by atoms with Crippen LogP contribution in [0.4, 0.5) is 0 Å². The van der Waals surface area contributed by atoms with Crippen LogP contribution in [-0.4, -0.2) is 18.4 Å². The van der Waals surface area contributed by atoms with Crippen LogP contribution < -0.4 is 10.6 Å². The zero-order valence-corrected chi connectivity index (χ0v) is 17.6. The fourth-order valence-electron chi connectivity index (χ4n) is 2.80. The Morgan fingerprint density at radius 1 is 0.867 bits per heavy atom. The van der Waals surface area contributed by atoms with Crippen LogP contribution in [0.1, 0.15) is 21.5 Å². The van der Waals surface area contributed by atoms with Crippen LogP contribution >= 0.6 is 23.2 Å². The Morgan fingerprint density at radius 2 is 1.53 bits per heavy atom. The number of nitrogens with one attached hydrogen (secondary N) is 2. The van der Waals surface area contributed by atoms with Crippen LogP contribution in [0.25, 0.3) is 6.08 Å². The summed E-state index contributed by atoms with van der Waals surface area (Å²) in [5.74, 6) is -0.870. The van der Waals surface area contributed by atoms with Crippen molar-refractivity contribution < 1.29 is 9.59 Å². The van der Waals surface area contributed by atoms with Gasteiger partial charge in [-0.25, -0.2) is 0 Å². The van der Waals surface area contributed by atoms with Crippen LogP contribution in [0.15, 0.2) is 84.6 Å². The van der Waals surface area contributed by atoms with Gasteiger partial charge in [-0.2, -0.15) is 0 Å². The highest BCUT2D eigenvalue weighted by molar-refractivity contribution is 6.36. The number of benzene rings is 3. The number of hydrogen-bond acceptors (Lipinski definition) is 2. The van der Waals surface area contributed by atoms with Crippen LogP contribution in [0.3, 0.4) is 0 Å². The van der Waals surface area contributed by atoms with Crippen molar-refractivity contribution in [3.05, 3.63) is 111 Å². The fraction of sp³-hybridized carbons (Fsp3) is 0.0833. The Balaban J connectivity index is 1.75. The van der Waals surface area contributed by atoms with Gasteiger partial charge < -0.3 is 10.6 Å². The summed E-state index contributed by atoms with van der Waals surface area (Å²) in [6, 6.07) is 23.7. The van der Waals surface area contributed by atoms with E-state index in [0.29, 0.717) is 18.0 Å². The van der Waals surface area contributed by atoms with E-state index in [9.17, 15) is 9.59 Å². The summed E-state index contributed by atoms with van der Waals surface area (Å²) in [4.78, 5) is 25.5. The summed E-state index contributed by atoms with van der Waals surface area (Å²) in [6.45, 7) is 0.437. The second-order valence-electron chi connectivity index (χ2n) is 6.54. The summed E-state index contributed by atoms with van der Waals surface area (Å²) in [7, 11) is 0. The third-order valence-electron chi connectivity index (χ3n) is 4.32. The average molecular weight is 439 g/mol. The lowest BCUT2D eigenvalue weighted by Crippen LogP contribution is -2.35. The molecule has 0 heterocycles. The molecule has 0 aliphatic rings. The standard InChI is InChI=1S/C24H20Cl2N2O2/c25-19-11-12-20(21(26)16-19)23(29)28-22(15-18-9-5-2-6-10-18)24(30)27-14-13-17-7-3-1-4-8-17/h1-12,15-16H,13-14H2,(H,27,30)(H,28,29)/b22-15+. The minimum absolute atomic E-state index is 0.130. The molecule has 0 unspecified atom stereocenters. The normalized spacial score (nSPS) is 11.1. The molecule has 0 aliphatic carbocycles. The zero-order chi connectivity index (χ0) is 21.3. The first-order valence-electron chi connectivity index (χ1n) is 9.38. The predicted molar refractivity (Wildman–Crippen MR) is 122 cm³/mol. The topological polar surface area (TPSA) is 58.2 Å². The molecular formula is C24H20Cl2N2O2. The maximum absolute atomic E-state index is 12.8. The molecule has 0 aliphatic heterocycles. The minimum atomic E-state index is -0.489. The Labute approximate surface area is 185 Å². The third-order valence-corrected chi connectivity index (χ3v) is 4.87. The number of amides is 2. The van der Waals surface area contributed by atoms with Crippen molar-refractivity contribution in [3.63, 3.8) is 0 Å². The maximum atomic E-state index is 12.8. The molecule has 0 spiro atoms. The third kappa shape index (κ3) is 6.21. The first kappa shape index (κ1) is 21.6. The van der Waals surface area contributed by atoms with Crippen molar-refractivity contribution >= 4 is 41.1 Å². The van der Waals surface area contributed by atoms with Gasteiger partial charge in [0, 0.05) is 11.6 Å². The summed E-state index contributed by atoms with van der Waals surface area (Å²) >= 11 is 12.0. The Hall–Kier alpha value is -3.08. The van der Waals surface area contributed by atoms with Gasteiger partial charge in [-0.15, -0.1) is 0 Å². The summed E-state index contributed by atoms with van der Waals surface area (Å²) in [5.41, 5.74) is 2.26. The molecule has 4 nitrogen and oxygen atoms in total. The quantitative estimate of drug-likeness (QED) is 0.502. The van der Waals surface area contributed by atoms with Crippen molar-refractivity contribution in [3.8, 4) is 0 Å². The van der Waals surface area contributed by atoms with Gasteiger partial charge in [0.2, 0.25) is 0 Å². The highest BCUT2D eigenvalue weighted by Crippen LogP contribution is 2.21. The van der Waals surface area contributed by atoms with E-state index in [1.807, 2.05) is 60.7 Å². The molecule has 2 amide bonds. The molecule has 0 aromatic heterocycles. The molecule has 0 bridgehead atoms. The second-order valence-corrected chi connectivity index (χ2v) is 7.38. The summed E-state index contributed by atoms with van der Waals surface area (Å²) < 4.78 is 0. The van der Waals surface area contributed by atoms with Gasteiger partial charge in [-0.05, 0) is 41.8 Å². The zero-order valence-electron chi connectivity index (χ0n) is 16.1. The predicted octanol–water partition coefficient (Wildman–Crippen LogP) is 5.12. The van der Waals surface area contributed by atoms with Crippen molar-refractivity contribution in [1.29, 1.82) is 0 Å². The van der Waals surface area contributed by atoms with Gasteiger partial charge in [-0.1, -0.05) is 83.9 Å². The molecular weight excluding hydrogens is 419 g/mol. The minimum Gasteiger partial charge on any atom is -0.350 e. The van der Waals surface area contributed by atoms with Gasteiger partial charge in [0.25, 0.3) is 11.8 Å². The van der Waals surface area contributed by atoms with E-state index in [2.05, 4.69) is 10.6 Å². The molecule has 0 saturated heterocycles. The van der Waals surface area contributed by atoms with E-state index in [4.69, 9.17) is 23.2 Å². The molecule has 0 radical (unpaired) electrons. The molecule has 2 N–H and O–H groups in total. The molecule has 6 heteroatoms. The monoisotopic (exact) mass is 438 g/mol. The smallest absolute Gasteiger partial charge is 0.267 e. The molecule has 3 rings (SSSR count). The van der Waals surface area contributed by atoms with E-state index in [-0.39, 0.29) is 22.2 Å². The first-order chi connectivity index (χ1) is 14.5. The Bertz CT molecular complexity index is 1050. The highest BCUT2D eigenvalue weighted by atomic mass is 35.5. The van der Waals surface area contributed by atoms with E-state index in [1.165, 1.54) is 12.1 Å². The molecule has 0 fully saturated rings. The van der Waals surface area contributed by atoms with Crippen molar-refractivity contribution in [2.45, 2.75) is 6.42 Å². The number of halogens is 2. The number of rotatable bonds is 7. The lowest BCUT2D eigenvalue weighted by molar-refractivity contribution is -0.117. The van der Waals surface area contributed by atoms with Gasteiger partial charge in [0.05, 0.1) is 10.6 Å². The van der Waals surface area contributed by atoms with Crippen LogP contribution in [-0.2, 0) is 11.2 Å². The van der Waals surface area contributed by atoms with Gasteiger partial charge >= 0.3 is 0 Å². The highest BCUT2D eigenvalue weighted by Gasteiger charge is 2.16. The van der Waals surface area contributed by atoms with Gasteiger partial charge in [0.15, 0.2) is 0 Å². The summed E-state index contributed by atoms with van der Waals surface area (Å²) in [5, 5.41) is 6.17. The number of hydrogen-bond donors (Lipinski definition) is 2. The lowest BCUT2D eigenvalue weighted by Gasteiger charge is -2.12. The van der Waals surface area contributed by atoms with Crippen LogP contribution in [0.2, 0.25) is 10.0 Å². The van der Waals surface area contributed by atoms with Gasteiger partial charge in [-0.3, -0.25) is 9.59 Å². The largest absolute Gasteiger partial charge is 0.350 e. The van der Waals surface area contributed by atoms with E-state index >= 15 is 0 Å². The molecule has 152 valence electrons. The second kappa shape index (κ2) is 10.6. The Kier molecular flexibility index (Phi) is 7.66.